The fraction of sp³-hybridized carbons (Fsp3) is 0.667. The van der Waals surface area contributed by atoms with Crippen LogP contribution in [0.5, 0.6) is 0 Å². The van der Waals surface area contributed by atoms with Gasteiger partial charge < -0.3 is 19.9 Å². The average Bonchev–Trinajstić information content (AvgIpc) is 2.90. The van der Waals surface area contributed by atoms with Crippen LogP contribution >= 0.6 is 0 Å². The third-order valence-electron chi connectivity index (χ3n) is 3.68. The fourth-order valence-corrected chi connectivity index (χ4v) is 2.15. The number of nitrogens with one attached hydrogen (secondary N) is 1. The van der Waals surface area contributed by atoms with Gasteiger partial charge in [-0.1, -0.05) is 20.3 Å². The third-order valence-corrected chi connectivity index (χ3v) is 3.68. The molecule has 1 aliphatic heterocycles. The van der Waals surface area contributed by atoms with Gasteiger partial charge >= 0.3 is 12.0 Å². The first kappa shape index (κ1) is 14.3. The van der Waals surface area contributed by atoms with Gasteiger partial charge in [0.2, 0.25) is 0 Å². The Balaban J connectivity index is 2.00. The predicted molar refractivity (Wildman–Crippen MR) is 69.8 cm³/mol. The number of nitrogens with zero attached hydrogens (tertiary/aromatic N) is 4. The van der Waals surface area contributed by atoms with E-state index in [1.54, 1.807) is 11.2 Å². The van der Waals surface area contributed by atoms with E-state index < -0.39 is 12.0 Å². The van der Waals surface area contributed by atoms with E-state index in [0.29, 0.717) is 31.9 Å². The van der Waals surface area contributed by atoms with Crippen molar-refractivity contribution < 1.29 is 14.7 Å². The lowest BCUT2D eigenvalue weighted by Gasteiger charge is -2.29. The predicted octanol–water partition coefficient (Wildman–Crippen LogP) is 0.303. The topological polar surface area (TPSA) is 100 Å². The molecule has 1 aliphatic rings. The summed E-state index contributed by atoms with van der Waals surface area (Å²) in [6.07, 6.45) is 2.31. The Kier molecular flexibility index (Phi) is 4.21. The first-order valence-electron chi connectivity index (χ1n) is 6.67. The summed E-state index contributed by atoms with van der Waals surface area (Å²) in [4.78, 5) is 24.9. The number of amides is 2. The molecule has 0 unspecified atom stereocenters. The zero-order chi connectivity index (χ0) is 14.7. The average molecular weight is 281 g/mol. The minimum Gasteiger partial charge on any atom is -0.480 e. The highest BCUT2D eigenvalue weighted by Gasteiger charge is 2.29. The molecule has 0 aliphatic carbocycles. The number of aromatic nitrogens is 3. The van der Waals surface area contributed by atoms with Gasteiger partial charge in [0, 0.05) is 13.1 Å². The molecule has 2 atom stereocenters. The first-order chi connectivity index (χ1) is 9.52. The molecule has 2 rings (SSSR count). The van der Waals surface area contributed by atoms with Gasteiger partial charge in [0.05, 0.1) is 6.54 Å². The lowest BCUT2D eigenvalue weighted by molar-refractivity contribution is -0.140. The Morgan fingerprint density at radius 3 is 2.90 bits per heavy atom. The van der Waals surface area contributed by atoms with E-state index in [1.165, 1.54) is 0 Å². The molecule has 0 spiro atoms. The molecule has 0 bridgehead atoms. The zero-order valence-electron chi connectivity index (χ0n) is 11.6. The first-order valence-corrected chi connectivity index (χ1v) is 6.67. The van der Waals surface area contributed by atoms with Gasteiger partial charge in [-0.2, -0.15) is 0 Å². The molecule has 0 aromatic carbocycles. The number of rotatable bonds is 4. The van der Waals surface area contributed by atoms with Gasteiger partial charge in [0.25, 0.3) is 0 Å². The number of fused-ring (bicyclic) bond motifs is 1. The quantitative estimate of drug-likeness (QED) is 0.827. The van der Waals surface area contributed by atoms with Crippen molar-refractivity contribution >= 4 is 12.0 Å². The third kappa shape index (κ3) is 2.89. The summed E-state index contributed by atoms with van der Waals surface area (Å²) in [6.45, 7) is 5.20. The van der Waals surface area contributed by atoms with Crippen LogP contribution in [0.25, 0.3) is 0 Å². The largest absolute Gasteiger partial charge is 0.480 e. The maximum absolute atomic E-state index is 12.2. The lowest BCUT2D eigenvalue weighted by Crippen LogP contribution is -2.52. The molecule has 8 nitrogen and oxygen atoms in total. The van der Waals surface area contributed by atoms with Crippen LogP contribution < -0.4 is 5.32 Å². The summed E-state index contributed by atoms with van der Waals surface area (Å²) in [7, 11) is 0. The van der Waals surface area contributed by atoms with Crippen molar-refractivity contribution in [2.24, 2.45) is 5.92 Å². The van der Waals surface area contributed by atoms with Crippen LogP contribution in [0.3, 0.4) is 0 Å². The Hall–Kier alpha value is -2.12. The van der Waals surface area contributed by atoms with Gasteiger partial charge in [0.15, 0.2) is 5.82 Å². The molecule has 110 valence electrons. The summed E-state index contributed by atoms with van der Waals surface area (Å²) < 4.78 is 1.88. The molecule has 20 heavy (non-hydrogen) atoms. The summed E-state index contributed by atoms with van der Waals surface area (Å²) in [5.74, 6) is -0.417. The van der Waals surface area contributed by atoms with Crippen molar-refractivity contribution in [1.82, 2.24) is 25.0 Å². The molecular weight excluding hydrogens is 262 g/mol. The number of urea groups is 1. The minimum atomic E-state index is -1.01. The molecule has 0 fully saturated rings. The van der Waals surface area contributed by atoms with Crippen LogP contribution in [0.2, 0.25) is 0 Å². The number of carboxylic acid groups (broad SMARTS) is 1. The SMILES string of the molecule is CC[C@H](C)[C@H](NC(=O)N1CCn2cnnc2C1)C(=O)O. The monoisotopic (exact) mass is 281 g/mol. The molecule has 1 aromatic heterocycles. The smallest absolute Gasteiger partial charge is 0.326 e. The standard InChI is InChI=1S/C12H19N5O3/c1-3-8(2)10(11(18)19)14-12(20)16-4-5-17-7-13-15-9(17)6-16/h7-8,10H,3-6H2,1-2H3,(H,14,20)(H,18,19)/t8-,10-/m0/s1. The zero-order valence-corrected chi connectivity index (χ0v) is 11.6. The second-order valence-electron chi connectivity index (χ2n) is 5.01. The maximum atomic E-state index is 12.2. The molecule has 2 amide bonds. The molecular formula is C12H19N5O3. The van der Waals surface area contributed by atoms with Crippen LogP contribution in [-0.4, -0.2) is 49.4 Å². The van der Waals surface area contributed by atoms with E-state index >= 15 is 0 Å². The Bertz CT molecular complexity index is 501. The molecule has 2 N–H and O–H groups in total. The number of carbonyl (C=O) groups excluding carboxylic acids is 1. The maximum Gasteiger partial charge on any atom is 0.326 e. The fourth-order valence-electron chi connectivity index (χ4n) is 2.15. The van der Waals surface area contributed by atoms with Crippen molar-refractivity contribution in [3.05, 3.63) is 12.2 Å². The van der Waals surface area contributed by atoms with Gasteiger partial charge in [-0.3, -0.25) is 0 Å². The summed E-state index contributed by atoms with van der Waals surface area (Å²) in [5, 5.41) is 19.5. The van der Waals surface area contributed by atoms with Gasteiger partial charge in [-0.05, 0) is 5.92 Å². The van der Waals surface area contributed by atoms with Crippen LogP contribution in [0.1, 0.15) is 26.1 Å². The van der Waals surface area contributed by atoms with E-state index in [-0.39, 0.29) is 11.9 Å². The van der Waals surface area contributed by atoms with E-state index in [1.807, 2.05) is 18.4 Å². The van der Waals surface area contributed by atoms with Gasteiger partial charge in [0.1, 0.15) is 12.4 Å². The second-order valence-corrected chi connectivity index (χ2v) is 5.01. The summed E-state index contributed by atoms with van der Waals surface area (Å²) in [5.41, 5.74) is 0. The van der Waals surface area contributed by atoms with E-state index in [4.69, 9.17) is 0 Å². The van der Waals surface area contributed by atoms with E-state index in [0.717, 1.165) is 0 Å². The highest BCUT2D eigenvalue weighted by molar-refractivity contribution is 5.82. The Labute approximate surface area is 116 Å². The van der Waals surface area contributed by atoms with Crippen molar-refractivity contribution in [2.45, 2.75) is 39.4 Å². The Morgan fingerprint density at radius 1 is 1.50 bits per heavy atom. The van der Waals surface area contributed by atoms with Crippen LogP contribution in [0.4, 0.5) is 4.79 Å². The number of carbonyl (C=O) groups is 2. The van der Waals surface area contributed by atoms with Crippen LogP contribution in [0, 0.1) is 5.92 Å². The lowest BCUT2D eigenvalue weighted by atomic mass is 9.99. The number of aliphatic carboxylic acids is 1. The Morgan fingerprint density at radius 2 is 2.25 bits per heavy atom. The van der Waals surface area contributed by atoms with Gasteiger partial charge in [-0.15, -0.1) is 10.2 Å². The molecule has 0 saturated heterocycles. The molecule has 2 heterocycles. The second kappa shape index (κ2) is 5.89. The molecule has 0 radical (unpaired) electrons. The molecule has 0 saturated carbocycles. The van der Waals surface area contributed by atoms with Crippen LogP contribution in [0.15, 0.2) is 6.33 Å². The number of hydrogen-bond acceptors (Lipinski definition) is 4. The highest BCUT2D eigenvalue weighted by atomic mass is 16.4. The molecule has 8 heteroatoms. The highest BCUT2D eigenvalue weighted by Crippen LogP contribution is 2.12. The minimum absolute atomic E-state index is 0.120. The number of hydrogen-bond donors (Lipinski definition) is 2. The van der Waals surface area contributed by atoms with E-state index in [9.17, 15) is 14.7 Å². The summed E-state index contributed by atoms with van der Waals surface area (Å²) >= 11 is 0. The number of carboxylic acids is 1. The molecule has 1 aromatic rings. The van der Waals surface area contributed by atoms with Crippen molar-refractivity contribution in [3.8, 4) is 0 Å². The van der Waals surface area contributed by atoms with Crippen molar-refractivity contribution in [3.63, 3.8) is 0 Å². The van der Waals surface area contributed by atoms with Crippen molar-refractivity contribution in [1.29, 1.82) is 0 Å². The van der Waals surface area contributed by atoms with E-state index in [2.05, 4.69) is 15.5 Å². The van der Waals surface area contributed by atoms with Crippen molar-refractivity contribution in [2.75, 3.05) is 6.54 Å². The normalized spacial score (nSPS) is 17.2. The van der Waals surface area contributed by atoms with Gasteiger partial charge in [-0.25, -0.2) is 9.59 Å². The summed E-state index contributed by atoms with van der Waals surface area (Å²) in [6, 6.07) is -1.24. The van der Waals surface area contributed by atoms with Crippen LogP contribution in [-0.2, 0) is 17.9 Å².